The van der Waals surface area contributed by atoms with Crippen LogP contribution in [0.25, 0.3) is 0 Å². The minimum absolute atomic E-state index is 0.0534. The summed E-state index contributed by atoms with van der Waals surface area (Å²) in [5.41, 5.74) is 2.11. The Bertz CT molecular complexity index is 1240. The third kappa shape index (κ3) is 4.15. The molecular formula is C26H20ClF3N2O. The monoisotopic (exact) mass is 468 g/mol. The molecule has 1 fully saturated rings. The molecule has 33 heavy (non-hydrogen) atoms. The second-order valence-corrected chi connectivity index (χ2v) is 8.86. The number of ketones is 1. The number of carbonyl (C=O) groups excluding carboxylic acids is 1. The number of hydrogen-bond acceptors (Lipinski definition) is 3. The van der Waals surface area contributed by atoms with Crippen LogP contribution in [0.5, 0.6) is 0 Å². The van der Waals surface area contributed by atoms with Gasteiger partial charge in [0.15, 0.2) is 0 Å². The minimum atomic E-state index is -4.54. The standard InChI is InChI=1S/C26H20ClF3N2O/c27-17-11-9-15(10-12-17)16-13-22-24(23(33)14-16)25(32-21-8-4-3-7-20(21)31-22)18-5-1-2-6-19(18)26(28,29)30/h1-12,16,24-25,32H,13-14H2. The van der Waals surface area contributed by atoms with Crippen LogP contribution in [-0.2, 0) is 11.0 Å². The first kappa shape index (κ1) is 21.7. The Morgan fingerprint density at radius 1 is 0.909 bits per heavy atom. The predicted molar refractivity (Wildman–Crippen MR) is 123 cm³/mol. The molecule has 7 heteroatoms. The molecule has 0 aromatic heterocycles. The molecule has 3 atom stereocenters. The number of fused-ring (bicyclic) bond motifs is 2. The molecule has 2 aliphatic rings. The first-order chi connectivity index (χ1) is 15.8. The zero-order chi connectivity index (χ0) is 23.2. The molecule has 0 amide bonds. The van der Waals surface area contributed by atoms with Gasteiger partial charge in [0, 0.05) is 17.2 Å². The van der Waals surface area contributed by atoms with E-state index in [1.807, 2.05) is 18.2 Å². The SMILES string of the molecule is O=C1CC(c2ccc(Cl)cc2)CC2=Nc3ccccc3NC(c3ccccc3C(F)(F)F)C12. The molecule has 3 unspecified atom stereocenters. The molecule has 1 heterocycles. The van der Waals surface area contributed by atoms with Crippen LogP contribution in [-0.4, -0.2) is 11.5 Å². The Morgan fingerprint density at radius 2 is 1.61 bits per heavy atom. The summed E-state index contributed by atoms with van der Waals surface area (Å²) in [7, 11) is 0. The van der Waals surface area contributed by atoms with Crippen molar-refractivity contribution in [3.05, 3.63) is 94.5 Å². The predicted octanol–water partition coefficient (Wildman–Crippen LogP) is 7.36. The zero-order valence-electron chi connectivity index (χ0n) is 17.4. The van der Waals surface area contributed by atoms with Crippen molar-refractivity contribution in [2.75, 3.05) is 5.32 Å². The van der Waals surface area contributed by atoms with Crippen LogP contribution in [0.1, 0.15) is 41.5 Å². The van der Waals surface area contributed by atoms with Crippen molar-refractivity contribution in [2.45, 2.75) is 31.0 Å². The van der Waals surface area contributed by atoms with E-state index in [9.17, 15) is 18.0 Å². The van der Waals surface area contributed by atoms with Crippen molar-refractivity contribution < 1.29 is 18.0 Å². The number of nitrogens with zero attached hydrogens (tertiary/aromatic N) is 1. The molecule has 1 saturated carbocycles. The largest absolute Gasteiger partial charge is 0.416 e. The van der Waals surface area contributed by atoms with Gasteiger partial charge in [0.05, 0.1) is 28.9 Å². The van der Waals surface area contributed by atoms with Crippen LogP contribution >= 0.6 is 11.6 Å². The second-order valence-electron chi connectivity index (χ2n) is 8.43. The maximum absolute atomic E-state index is 13.9. The van der Waals surface area contributed by atoms with E-state index >= 15 is 0 Å². The lowest BCUT2D eigenvalue weighted by Gasteiger charge is -2.35. The highest BCUT2D eigenvalue weighted by atomic mass is 35.5. The Kier molecular flexibility index (Phi) is 5.49. The molecule has 0 spiro atoms. The maximum Gasteiger partial charge on any atom is 0.416 e. The quantitative estimate of drug-likeness (QED) is 0.427. The Balaban J connectivity index is 1.62. The molecule has 0 bridgehead atoms. The van der Waals surface area contributed by atoms with Gasteiger partial charge < -0.3 is 5.32 Å². The summed E-state index contributed by atoms with van der Waals surface area (Å²) in [5, 5.41) is 3.83. The average Bonchev–Trinajstić information content (AvgIpc) is 2.96. The summed E-state index contributed by atoms with van der Waals surface area (Å²) in [6.45, 7) is 0. The molecule has 3 nitrogen and oxygen atoms in total. The summed E-state index contributed by atoms with van der Waals surface area (Å²) in [6, 6.07) is 19.1. The lowest BCUT2D eigenvalue weighted by molar-refractivity contribution is -0.138. The first-order valence-corrected chi connectivity index (χ1v) is 11.1. The number of alkyl halides is 3. The highest BCUT2D eigenvalue weighted by Crippen LogP contribution is 2.46. The summed E-state index contributed by atoms with van der Waals surface area (Å²) in [5.74, 6) is -1.01. The summed E-state index contributed by atoms with van der Waals surface area (Å²) in [4.78, 5) is 18.3. The van der Waals surface area contributed by atoms with Crippen LogP contribution in [0, 0.1) is 5.92 Å². The van der Waals surface area contributed by atoms with E-state index < -0.39 is 23.7 Å². The molecule has 168 valence electrons. The minimum Gasteiger partial charge on any atom is -0.375 e. The van der Waals surface area contributed by atoms with Gasteiger partial charge in [0.2, 0.25) is 0 Å². The molecule has 3 aromatic carbocycles. The lowest BCUT2D eigenvalue weighted by Crippen LogP contribution is -2.39. The van der Waals surface area contributed by atoms with Gasteiger partial charge in [-0.05, 0) is 53.8 Å². The van der Waals surface area contributed by atoms with E-state index in [-0.39, 0.29) is 23.7 Å². The van der Waals surface area contributed by atoms with E-state index in [0.717, 1.165) is 11.6 Å². The normalized spacial score (nSPS) is 22.5. The molecule has 5 rings (SSSR count). The van der Waals surface area contributed by atoms with E-state index in [2.05, 4.69) is 5.32 Å². The van der Waals surface area contributed by atoms with Gasteiger partial charge in [-0.2, -0.15) is 13.2 Å². The fourth-order valence-corrected chi connectivity index (χ4v) is 4.98. The van der Waals surface area contributed by atoms with Crippen LogP contribution in [0.4, 0.5) is 24.5 Å². The Morgan fingerprint density at radius 3 is 2.36 bits per heavy atom. The summed E-state index contributed by atoms with van der Waals surface area (Å²) >= 11 is 6.02. The number of anilines is 1. The van der Waals surface area contributed by atoms with Gasteiger partial charge in [-0.1, -0.05) is 54.1 Å². The Hall–Kier alpha value is -3.12. The van der Waals surface area contributed by atoms with Crippen molar-refractivity contribution in [3.8, 4) is 0 Å². The van der Waals surface area contributed by atoms with E-state index in [1.165, 1.54) is 12.1 Å². The van der Waals surface area contributed by atoms with Gasteiger partial charge in [-0.25, -0.2) is 0 Å². The highest BCUT2D eigenvalue weighted by Gasteiger charge is 2.44. The van der Waals surface area contributed by atoms with Gasteiger partial charge in [0.1, 0.15) is 5.78 Å². The topological polar surface area (TPSA) is 41.5 Å². The van der Waals surface area contributed by atoms with E-state index in [1.54, 1.807) is 36.4 Å². The highest BCUT2D eigenvalue weighted by molar-refractivity contribution is 6.30. The van der Waals surface area contributed by atoms with Gasteiger partial charge in [0.25, 0.3) is 0 Å². The molecule has 0 saturated heterocycles. The number of para-hydroxylation sites is 2. The fourth-order valence-electron chi connectivity index (χ4n) is 4.85. The molecule has 1 aliphatic heterocycles. The molecule has 3 aromatic rings. The number of benzene rings is 3. The number of halogens is 4. The van der Waals surface area contributed by atoms with E-state index in [4.69, 9.17) is 16.6 Å². The Labute approximate surface area is 194 Å². The molecule has 1 aliphatic carbocycles. The van der Waals surface area contributed by atoms with Gasteiger partial charge in [-0.3, -0.25) is 9.79 Å². The smallest absolute Gasteiger partial charge is 0.375 e. The van der Waals surface area contributed by atoms with Crippen LogP contribution < -0.4 is 5.32 Å². The number of aliphatic imine (C=N–C) groups is 1. The van der Waals surface area contributed by atoms with Crippen molar-refractivity contribution in [2.24, 2.45) is 10.9 Å². The second kappa shape index (κ2) is 8.34. The lowest BCUT2D eigenvalue weighted by atomic mass is 9.72. The number of carbonyl (C=O) groups is 1. The number of rotatable bonds is 2. The van der Waals surface area contributed by atoms with Crippen molar-refractivity contribution in [3.63, 3.8) is 0 Å². The molecule has 0 radical (unpaired) electrons. The van der Waals surface area contributed by atoms with Crippen molar-refractivity contribution >= 4 is 34.5 Å². The van der Waals surface area contributed by atoms with E-state index in [0.29, 0.717) is 28.5 Å². The fraction of sp³-hybridized carbons (Fsp3) is 0.231. The van der Waals surface area contributed by atoms with Crippen LogP contribution in [0.2, 0.25) is 5.02 Å². The van der Waals surface area contributed by atoms with Crippen molar-refractivity contribution in [1.29, 1.82) is 0 Å². The maximum atomic E-state index is 13.9. The first-order valence-electron chi connectivity index (χ1n) is 10.7. The van der Waals surface area contributed by atoms with Gasteiger partial charge >= 0.3 is 6.18 Å². The zero-order valence-corrected chi connectivity index (χ0v) is 18.2. The third-order valence-corrected chi connectivity index (χ3v) is 6.62. The van der Waals surface area contributed by atoms with Crippen molar-refractivity contribution in [1.82, 2.24) is 0 Å². The van der Waals surface area contributed by atoms with Gasteiger partial charge in [-0.15, -0.1) is 0 Å². The number of Topliss-reactive ketones (excluding diaryl/α,β-unsaturated/α-hetero) is 1. The summed E-state index contributed by atoms with van der Waals surface area (Å²) in [6.07, 6.45) is -3.82. The van der Waals surface area contributed by atoms with Crippen LogP contribution in [0.15, 0.2) is 77.8 Å². The molecule has 1 N–H and O–H groups in total. The number of hydrogen-bond donors (Lipinski definition) is 1. The average molecular weight is 469 g/mol. The van der Waals surface area contributed by atoms with Crippen LogP contribution in [0.3, 0.4) is 0 Å². The number of nitrogens with one attached hydrogen (secondary N) is 1. The summed E-state index contributed by atoms with van der Waals surface area (Å²) < 4.78 is 41.7. The molecular weight excluding hydrogens is 449 g/mol. The third-order valence-electron chi connectivity index (χ3n) is 6.36.